The van der Waals surface area contributed by atoms with Gasteiger partial charge in [0.05, 0.1) is 0 Å². The van der Waals surface area contributed by atoms with Crippen molar-refractivity contribution in [2.45, 2.75) is 19.8 Å². The SMILES string of the molecule is C/C=C/CCc1cc(F)c(C(=O)Oc2ccc3c(F)c(F)ccc3c2)c(F)c1. The molecule has 0 unspecified atom stereocenters. The lowest BCUT2D eigenvalue weighted by atomic mass is 10.1. The maximum atomic E-state index is 14.3. The highest BCUT2D eigenvalue weighted by Gasteiger charge is 2.21. The number of esters is 1. The molecule has 0 aliphatic carbocycles. The Morgan fingerprint density at radius 1 is 0.964 bits per heavy atom. The van der Waals surface area contributed by atoms with Crippen LogP contribution in [0.5, 0.6) is 5.75 Å². The van der Waals surface area contributed by atoms with Gasteiger partial charge in [0.15, 0.2) is 11.6 Å². The van der Waals surface area contributed by atoms with Crippen LogP contribution in [0.15, 0.2) is 54.6 Å². The number of fused-ring (bicyclic) bond motifs is 1. The van der Waals surface area contributed by atoms with E-state index in [0.717, 1.165) is 18.2 Å². The number of ether oxygens (including phenoxy) is 1. The number of hydrogen-bond donors (Lipinski definition) is 0. The number of benzene rings is 3. The van der Waals surface area contributed by atoms with E-state index in [-0.39, 0.29) is 16.5 Å². The summed E-state index contributed by atoms with van der Waals surface area (Å²) in [4.78, 5) is 12.2. The minimum absolute atomic E-state index is 0.00245. The predicted molar refractivity (Wildman–Crippen MR) is 98.3 cm³/mol. The van der Waals surface area contributed by atoms with E-state index in [1.54, 1.807) is 0 Å². The van der Waals surface area contributed by atoms with Crippen LogP contribution in [0.1, 0.15) is 29.3 Å². The normalized spacial score (nSPS) is 11.3. The van der Waals surface area contributed by atoms with Crippen molar-refractivity contribution in [3.8, 4) is 5.75 Å². The van der Waals surface area contributed by atoms with Crippen LogP contribution in [0.3, 0.4) is 0 Å². The van der Waals surface area contributed by atoms with Gasteiger partial charge in [0.1, 0.15) is 22.9 Å². The number of halogens is 4. The first kappa shape index (κ1) is 19.6. The molecule has 0 aromatic heterocycles. The fraction of sp³-hybridized carbons (Fsp3) is 0.136. The number of aryl methyl sites for hydroxylation is 1. The van der Waals surface area contributed by atoms with Crippen LogP contribution in [-0.4, -0.2) is 5.97 Å². The second-order valence-corrected chi connectivity index (χ2v) is 6.18. The Labute approximate surface area is 159 Å². The molecule has 0 aliphatic rings. The minimum Gasteiger partial charge on any atom is -0.423 e. The zero-order valence-electron chi connectivity index (χ0n) is 14.9. The summed E-state index contributed by atoms with van der Waals surface area (Å²) >= 11 is 0. The molecular formula is C22H16F4O2. The lowest BCUT2D eigenvalue weighted by Crippen LogP contribution is -2.14. The van der Waals surface area contributed by atoms with Crippen LogP contribution < -0.4 is 4.74 Å². The fourth-order valence-corrected chi connectivity index (χ4v) is 2.85. The monoisotopic (exact) mass is 388 g/mol. The summed E-state index contributed by atoms with van der Waals surface area (Å²) in [7, 11) is 0. The third kappa shape index (κ3) is 4.06. The summed E-state index contributed by atoms with van der Waals surface area (Å²) in [5, 5.41) is 0.284. The Morgan fingerprint density at radius 2 is 1.68 bits per heavy atom. The average Bonchev–Trinajstić information content (AvgIpc) is 2.64. The molecule has 0 atom stereocenters. The van der Waals surface area contributed by atoms with E-state index in [9.17, 15) is 22.4 Å². The number of rotatable bonds is 5. The van der Waals surface area contributed by atoms with Crippen LogP contribution >= 0.6 is 0 Å². The molecule has 0 fully saturated rings. The Balaban J connectivity index is 1.84. The number of carbonyl (C=O) groups excluding carboxylic acids is 1. The van der Waals surface area contributed by atoms with E-state index in [1.807, 2.05) is 19.1 Å². The van der Waals surface area contributed by atoms with Crippen molar-refractivity contribution >= 4 is 16.7 Å². The van der Waals surface area contributed by atoms with Crippen molar-refractivity contribution in [1.82, 2.24) is 0 Å². The quantitative estimate of drug-likeness (QED) is 0.228. The Kier molecular flexibility index (Phi) is 5.78. The molecule has 0 saturated heterocycles. The van der Waals surface area contributed by atoms with Gasteiger partial charge in [0.25, 0.3) is 0 Å². The first-order valence-corrected chi connectivity index (χ1v) is 8.59. The molecule has 0 radical (unpaired) electrons. The van der Waals surface area contributed by atoms with Crippen LogP contribution in [0, 0.1) is 23.3 Å². The van der Waals surface area contributed by atoms with Gasteiger partial charge in [0.2, 0.25) is 0 Å². The zero-order valence-corrected chi connectivity index (χ0v) is 14.9. The van der Waals surface area contributed by atoms with Gasteiger partial charge in [-0.1, -0.05) is 18.2 Å². The molecule has 6 heteroatoms. The second-order valence-electron chi connectivity index (χ2n) is 6.18. The van der Waals surface area contributed by atoms with Gasteiger partial charge in [0, 0.05) is 5.39 Å². The van der Waals surface area contributed by atoms with E-state index in [2.05, 4.69) is 0 Å². The Morgan fingerprint density at radius 3 is 2.36 bits per heavy atom. The molecule has 0 heterocycles. The molecule has 0 saturated carbocycles. The molecule has 3 aromatic carbocycles. The van der Waals surface area contributed by atoms with E-state index in [1.165, 1.54) is 24.3 Å². The molecule has 0 N–H and O–H groups in total. The van der Waals surface area contributed by atoms with Crippen molar-refractivity contribution in [3.05, 3.63) is 89.0 Å². The lowest BCUT2D eigenvalue weighted by Gasteiger charge is -2.09. The summed E-state index contributed by atoms with van der Waals surface area (Å²) in [5.41, 5.74) is -0.381. The lowest BCUT2D eigenvalue weighted by molar-refractivity contribution is 0.0725. The van der Waals surface area contributed by atoms with Crippen molar-refractivity contribution in [3.63, 3.8) is 0 Å². The van der Waals surface area contributed by atoms with Crippen LogP contribution in [0.25, 0.3) is 10.8 Å². The molecule has 2 nitrogen and oxygen atoms in total. The molecule has 0 bridgehead atoms. The van der Waals surface area contributed by atoms with Gasteiger partial charge in [-0.25, -0.2) is 22.4 Å². The Bertz CT molecular complexity index is 1050. The van der Waals surface area contributed by atoms with Crippen LogP contribution in [0.2, 0.25) is 0 Å². The smallest absolute Gasteiger partial charge is 0.349 e. The summed E-state index contributed by atoms with van der Waals surface area (Å²) < 4.78 is 60.6. The van der Waals surface area contributed by atoms with Crippen LogP contribution in [-0.2, 0) is 6.42 Å². The average molecular weight is 388 g/mol. The fourth-order valence-electron chi connectivity index (χ4n) is 2.85. The van der Waals surface area contributed by atoms with E-state index >= 15 is 0 Å². The highest BCUT2D eigenvalue weighted by Crippen LogP contribution is 2.26. The summed E-state index contributed by atoms with van der Waals surface area (Å²) in [5.74, 6) is -5.32. The molecule has 28 heavy (non-hydrogen) atoms. The van der Waals surface area contributed by atoms with E-state index < -0.39 is 34.8 Å². The van der Waals surface area contributed by atoms with Gasteiger partial charge >= 0.3 is 5.97 Å². The maximum absolute atomic E-state index is 14.3. The topological polar surface area (TPSA) is 26.3 Å². The van der Waals surface area contributed by atoms with Crippen molar-refractivity contribution < 1.29 is 27.1 Å². The van der Waals surface area contributed by atoms with Gasteiger partial charge in [-0.05, 0) is 67.1 Å². The van der Waals surface area contributed by atoms with Gasteiger partial charge in [-0.2, -0.15) is 0 Å². The largest absolute Gasteiger partial charge is 0.423 e. The predicted octanol–water partition coefficient (Wildman–Crippen LogP) is 6.12. The third-order valence-electron chi connectivity index (χ3n) is 4.23. The zero-order chi connectivity index (χ0) is 20.3. The first-order valence-electron chi connectivity index (χ1n) is 8.59. The number of hydrogen-bond acceptors (Lipinski definition) is 2. The molecule has 3 aromatic rings. The number of carbonyl (C=O) groups is 1. The molecule has 3 rings (SSSR count). The summed E-state index contributed by atoms with van der Waals surface area (Å²) in [6.07, 6.45) is 4.75. The van der Waals surface area contributed by atoms with E-state index in [4.69, 9.17) is 4.74 Å². The molecule has 144 valence electrons. The van der Waals surface area contributed by atoms with Crippen molar-refractivity contribution in [2.24, 2.45) is 0 Å². The van der Waals surface area contributed by atoms with Crippen molar-refractivity contribution in [2.75, 3.05) is 0 Å². The maximum Gasteiger partial charge on any atom is 0.349 e. The van der Waals surface area contributed by atoms with Gasteiger partial charge in [-0.3, -0.25) is 0 Å². The third-order valence-corrected chi connectivity index (χ3v) is 4.23. The van der Waals surface area contributed by atoms with E-state index in [0.29, 0.717) is 18.4 Å². The summed E-state index contributed by atoms with van der Waals surface area (Å²) in [6, 6.07) is 8.19. The minimum atomic E-state index is -1.21. The van der Waals surface area contributed by atoms with Crippen LogP contribution in [0.4, 0.5) is 17.6 Å². The number of allylic oxidation sites excluding steroid dienone is 2. The van der Waals surface area contributed by atoms with Gasteiger partial charge < -0.3 is 4.74 Å². The Hall–Kier alpha value is -3.15. The standard InChI is InChI=1S/C22H16F4O2/c1-2-3-4-5-13-10-18(24)20(19(25)11-13)22(27)28-15-7-8-16-14(12-15)6-9-17(23)21(16)26/h2-3,6-12H,4-5H2,1H3/b3-2+. The summed E-state index contributed by atoms with van der Waals surface area (Å²) in [6.45, 7) is 1.85. The highest BCUT2D eigenvalue weighted by atomic mass is 19.2. The molecular weight excluding hydrogens is 372 g/mol. The van der Waals surface area contributed by atoms with Crippen molar-refractivity contribution in [1.29, 1.82) is 0 Å². The molecule has 0 spiro atoms. The van der Waals surface area contributed by atoms with Gasteiger partial charge in [-0.15, -0.1) is 0 Å². The first-order chi connectivity index (χ1) is 13.4. The molecule has 0 amide bonds. The highest BCUT2D eigenvalue weighted by molar-refractivity contribution is 5.92. The molecule has 0 aliphatic heterocycles. The second kappa shape index (κ2) is 8.25.